The number of carbonyl (C=O) groups excluding carboxylic acids is 1. The number of pyridine rings is 1. The number of anilines is 3. The summed E-state index contributed by atoms with van der Waals surface area (Å²) in [6.07, 6.45) is 1.47. The number of thiophene rings is 1. The first-order valence-corrected chi connectivity index (χ1v) is 13.6. The number of hydrogen-bond donors (Lipinski definition) is 3. The summed E-state index contributed by atoms with van der Waals surface area (Å²) >= 11 is 1.10. The summed E-state index contributed by atoms with van der Waals surface area (Å²) in [5.41, 5.74) is 1.01. The predicted molar refractivity (Wildman–Crippen MR) is 131 cm³/mol. The van der Waals surface area contributed by atoms with E-state index in [1.54, 1.807) is 23.6 Å². The Morgan fingerprint density at radius 2 is 1.44 bits per heavy atom. The third kappa shape index (κ3) is 5.60. The van der Waals surface area contributed by atoms with E-state index in [4.69, 9.17) is 0 Å². The molecular weight excluding hydrogens is 496 g/mol. The Morgan fingerprint density at radius 3 is 2.06 bits per heavy atom. The van der Waals surface area contributed by atoms with E-state index < -0.39 is 26.0 Å². The molecule has 2 aromatic heterocycles. The topological polar surface area (TPSA) is 134 Å². The second-order valence-corrected chi connectivity index (χ2v) is 11.5. The van der Waals surface area contributed by atoms with Gasteiger partial charge in [-0.25, -0.2) is 21.8 Å². The first-order chi connectivity index (χ1) is 16.2. The van der Waals surface area contributed by atoms with E-state index in [2.05, 4.69) is 19.7 Å². The first kappa shape index (κ1) is 23.4. The lowest BCUT2D eigenvalue weighted by Gasteiger charge is -2.10. The van der Waals surface area contributed by atoms with Gasteiger partial charge in [0.15, 0.2) is 0 Å². The molecule has 3 N–H and O–H groups in total. The van der Waals surface area contributed by atoms with E-state index >= 15 is 0 Å². The van der Waals surface area contributed by atoms with E-state index in [-0.39, 0.29) is 14.9 Å². The summed E-state index contributed by atoms with van der Waals surface area (Å²) < 4.78 is 54.6. The van der Waals surface area contributed by atoms with Gasteiger partial charge in [-0.2, -0.15) is 0 Å². The highest BCUT2D eigenvalue weighted by molar-refractivity contribution is 7.94. The van der Waals surface area contributed by atoms with Crippen LogP contribution in [0.5, 0.6) is 0 Å². The molecule has 0 spiro atoms. The van der Waals surface area contributed by atoms with Gasteiger partial charge in [-0.15, -0.1) is 11.3 Å². The quantitative estimate of drug-likeness (QED) is 0.325. The highest BCUT2D eigenvalue weighted by Crippen LogP contribution is 2.21. The second kappa shape index (κ2) is 9.63. The van der Waals surface area contributed by atoms with Crippen LogP contribution in [0.15, 0.2) is 99.5 Å². The van der Waals surface area contributed by atoms with Crippen LogP contribution in [-0.2, 0) is 20.0 Å². The molecule has 34 heavy (non-hydrogen) atoms. The number of carbonyl (C=O) groups is 1. The van der Waals surface area contributed by atoms with Crippen LogP contribution in [0.4, 0.5) is 17.2 Å². The molecule has 174 valence electrons. The molecule has 0 radical (unpaired) electrons. The number of nitrogens with zero attached hydrogens (tertiary/aromatic N) is 1. The number of nitrogens with one attached hydrogen (secondary N) is 3. The van der Waals surface area contributed by atoms with Crippen LogP contribution >= 0.6 is 11.3 Å². The van der Waals surface area contributed by atoms with E-state index in [1.165, 1.54) is 66.9 Å². The van der Waals surface area contributed by atoms with Gasteiger partial charge < -0.3 is 5.32 Å². The molecule has 0 aliphatic carbocycles. The van der Waals surface area contributed by atoms with E-state index in [1.807, 2.05) is 0 Å². The molecular formula is C22H18N4O5S3. The van der Waals surface area contributed by atoms with Crippen molar-refractivity contribution in [3.8, 4) is 0 Å². The molecule has 0 bridgehead atoms. The molecule has 0 atom stereocenters. The van der Waals surface area contributed by atoms with Crippen LogP contribution in [0.3, 0.4) is 0 Å². The van der Waals surface area contributed by atoms with Crippen molar-refractivity contribution >= 4 is 54.5 Å². The Bertz CT molecular complexity index is 1490. The summed E-state index contributed by atoms with van der Waals surface area (Å²) in [7, 11) is -7.51. The van der Waals surface area contributed by atoms with Crippen molar-refractivity contribution in [2.45, 2.75) is 9.10 Å². The fourth-order valence-electron chi connectivity index (χ4n) is 2.85. The van der Waals surface area contributed by atoms with Gasteiger partial charge in [0.05, 0.1) is 4.90 Å². The minimum Gasteiger partial charge on any atom is -0.322 e. The maximum Gasteiger partial charge on any atom is 0.271 e. The standard InChI is InChI=1S/C22H18N4O5S3/c27-22(16-6-8-18(9-7-16)25-34(30,31)21-5-3-15-32-21)24-17-10-12-19(13-11-17)33(28,29)26-20-4-1-2-14-23-20/h1-15,25H,(H,23,26)(H,24,27). The second-order valence-electron chi connectivity index (χ2n) is 6.91. The SMILES string of the molecule is O=C(Nc1ccc(S(=O)(=O)Nc2ccccn2)cc1)c1ccc(NS(=O)(=O)c2cccs2)cc1. The monoisotopic (exact) mass is 514 g/mol. The minimum absolute atomic E-state index is 0.0125. The molecule has 4 aromatic rings. The van der Waals surface area contributed by atoms with Crippen molar-refractivity contribution < 1.29 is 21.6 Å². The average Bonchev–Trinajstić information content (AvgIpc) is 3.36. The zero-order valence-electron chi connectivity index (χ0n) is 17.4. The van der Waals surface area contributed by atoms with Gasteiger partial charge in [0, 0.05) is 23.1 Å². The number of hydrogen-bond acceptors (Lipinski definition) is 7. The molecule has 0 saturated heterocycles. The fraction of sp³-hybridized carbons (Fsp3) is 0. The highest BCUT2D eigenvalue weighted by Gasteiger charge is 2.17. The Morgan fingerprint density at radius 1 is 0.735 bits per heavy atom. The molecule has 0 saturated carbocycles. The predicted octanol–water partition coefficient (Wildman–Crippen LogP) is 4.00. The zero-order valence-corrected chi connectivity index (χ0v) is 19.8. The lowest BCUT2D eigenvalue weighted by Crippen LogP contribution is -2.15. The van der Waals surface area contributed by atoms with E-state index in [0.717, 1.165) is 11.3 Å². The lowest BCUT2D eigenvalue weighted by atomic mass is 10.2. The van der Waals surface area contributed by atoms with Gasteiger partial charge in [0.2, 0.25) is 0 Å². The van der Waals surface area contributed by atoms with E-state index in [9.17, 15) is 21.6 Å². The maximum absolute atomic E-state index is 12.5. The smallest absolute Gasteiger partial charge is 0.271 e. The van der Waals surface area contributed by atoms with Gasteiger partial charge in [-0.3, -0.25) is 14.2 Å². The van der Waals surface area contributed by atoms with Crippen LogP contribution < -0.4 is 14.8 Å². The molecule has 2 heterocycles. The summed E-state index contributed by atoms with van der Waals surface area (Å²) in [6.45, 7) is 0. The van der Waals surface area contributed by atoms with Gasteiger partial charge >= 0.3 is 0 Å². The first-order valence-electron chi connectivity index (χ1n) is 9.75. The van der Waals surface area contributed by atoms with Crippen LogP contribution in [0.1, 0.15) is 10.4 Å². The van der Waals surface area contributed by atoms with Crippen molar-refractivity contribution in [2.75, 3.05) is 14.8 Å². The fourth-order valence-corrected chi connectivity index (χ4v) is 5.91. The largest absolute Gasteiger partial charge is 0.322 e. The normalized spacial score (nSPS) is 11.5. The third-order valence-electron chi connectivity index (χ3n) is 4.49. The van der Waals surface area contributed by atoms with Crippen molar-refractivity contribution in [1.29, 1.82) is 0 Å². The molecule has 0 unspecified atom stereocenters. The Kier molecular flexibility index (Phi) is 6.63. The van der Waals surface area contributed by atoms with Gasteiger partial charge in [0.25, 0.3) is 26.0 Å². The third-order valence-corrected chi connectivity index (χ3v) is 8.63. The molecule has 9 nitrogen and oxygen atoms in total. The number of aromatic nitrogens is 1. The summed E-state index contributed by atoms with van der Waals surface area (Å²) in [6, 6.07) is 19.6. The van der Waals surface area contributed by atoms with Crippen molar-refractivity contribution in [2.24, 2.45) is 0 Å². The summed E-state index contributed by atoms with van der Waals surface area (Å²) in [5, 5.41) is 4.34. The Balaban J connectivity index is 1.40. The maximum atomic E-state index is 12.5. The summed E-state index contributed by atoms with van der Waals surface area (Å²) in [4.78, 5) is 16.5. The minimum atomic E-state index is -3.83. The van der Waals surface area contributed by atoms with Crippen LogP contribution in [0.2, 0.25) is 0 Å². The average molecular weight is 515 g/mol. The summed E-state index contributed by atoms with van der Waals surface area (Å²) in [5.74, 6) is -0.240. The van der Waals surface area contributed by atoms with Crippen molar-refractivity contribution in [3.63, 3.8) is 0 Å². The van der Waals surface area contributed by atoms with Crippen LogP contribution in [0.25, 0.3) is 0 Å². The number of amides is 1. The van der Waals surface area contributed by atoms with Gasteiger partial charge in [-0.05, 0) is 72.1 Å². The Hall–Kier alpha value is -3.74. The van der Waals surface area contributed by atoms with Crippen molar-refractivity contribution in [1.82, 2.24) is 4.98 Å². The molecule has 0 fully saturated rings. The lowest BCUT2D eigenvalue weighted by molar-refractivity contribution is 0.102. The molecule has 0 aliphatic heterocycles. The Labute approximate surface area is 200 Å². The number of benzene rings is 2. The molecule has 12 heteroatoms. The van der Waals surface area contributed by atoms with Gasteiger partial charge in [-0.1, -0.05) is 12.1 Å². The molecule has 0 aliphatic rings. The number of rotatable bonds is 8. The molecule has 4 rings (SSSR count). The van der Waals surface area contributed by atoms with Gasteiger partial charge in [0.1, 0.15) is 10.0 Å². The molecule has 1 amide bonds. The molecule has 2 aromatic carbocycles. The zero-order chi connectivity index (χ0) is 24.2. The van der Waals surface area contributed by atoms with E-state index in [0.29, 0.717) is 16.9 Å². The highest BCUT2D eigenvalue weighted by atomic mass is 32.2. The van der Waals surface area contributed by atoms with Crippen molar-refractivity contribution in [3.05, 3.63) is 96.0 Å². The van der Waals surface area contributed by atoms with Crippen LogP contribution in [0, 0.1) is 0 Å². The number of sulfonamides is 2. The van der Waals surface area contributed by atoms with Crippen LogP contribution in [-0.4, -0.2) is 27.7 Å².